The van der Waals surface area contributed by atoms with Crippen molar-refractivity contribution in [3.05, 3.63) is 40.4 Å². The van der Waals surface area contributed by atoms with E-state index in [1.807, 2.05) is 0 Å². The molecule has 1 aliphatic heterocycles. The van der Waals surface area contributed by atoms with Gasteiger partial charge in [0.25, 0.3) is 5.69 Å². The lowest BCUT2D eigenvalue weighted by atomic mass is 9.91. The fourth-order valence-electron chi connectivity index (χ4n) is 1.95. The van der Waals surface area contributed by atoms with Crippen LogP contribution < -0.4 is 0 Å². The normalized spacial score (nSPS) is 18.6. The van der Waals surface area contributed by atoms with Gasteiger partial charge in [0.1, 0.15) is 0 Å². The quantitative estimate of drug-likeness (QED) is 0.566. The van der Waals surface area contributed by atoms with Crippen LogP contribution in [0.25, 0.3) is 0 Å². The maximum absolute atomic E-state index is 10.0. The summed E-state index contributed by atoms with van der Waals surface area (Å²) >= 11 is 0. The molecular weight excluding hydrogens is 228 g/mol. The van der Waals surface area contributed by atoms with Crippen LogP contribution in [0.3, 0.4) is 0 Å². The minimum atomic E-state index is -0.417. The van der Waals surface area contributed by atoms with Crippen molar-refractivity contribution in [3.8, 4) is 0 Å². The number of hydrogen-bond donors (Lipinski definition) is 0. The van der Waals surface area contributed by atoms with Crippen LogP contribution in [0.5, 0.6) is 0 Å². The van der Waals surface area contributed by atoms with Gasteiger partial charge in [-0.1, -0.05) is 24.6 Å². The predicted octanol–water partition coefficient (Wildman–Crippen LogP) is 3.48. The molecule has 2 rings (SSSR count). The van der Waals surface area contributed by atoms with E-state index in [-0.39, 0.29) is 5.69 Å². The average Bonchev–Trinajstić information content (AvgIpc) is 2.35. The molecule has 1 aromatic rings. The molecule has 4 nitrogen and oxygen atoms in total. The SMILES string of the molecule is CN1CCCCC1(C)C.O=[N+]([O-])c1ccccc1. The van der Waals surface area contributed by atoms with Gasteiger partial charge in [0.05, 0.1) is 4.92 Å². The first-order valence-corrected chi connectivity index (χ1v) is 6.34. The summed E-state index contributed by atoms with van der Waals surface area (Å²) in [5.41, 5.74) is 0.607. The highest BCUT2D eigenvalue weighted by atomic mass is 16.6. The smallest absolute Gasteiger partial charge is 0.269 e. The van der Waals surface area contributed by atoms with Gasteiger partial charge in [-0.15, -0.1) is 0 Å². The summed E-state index contributed by atoms with van der Waals surface area (Å²) in [7, 11) is 2.22. The monoisotopic (exact) mass is 250 g/mol. The van der Waals surface area contributed by atoms with Crippen molar-refractivity contribution >= 4 is 5.69 Å². The highest BCUT2D eigenvalue weighted by Crippen LogP contribution is 2.24. The third kappa shape index (κ3) is 4.45. The Morgan fingerprint density at radius 2 is 1.83 bits per heavy atom. The molecule has 0 unspecified atom stereocenters. The molecule has 1 aromatic carbocycles. The molecule has 0 spiro atoms. The summed E-state index contributed by atoms with van der Waals surface area (Å²) in [6.45, 7) is 5.94. The molecule has 0 radical (unpaired) electrons. The lowest BCUT2D eigenvalue weighted by Gasteiger charge is -2.39. The fraction of sp³-hybridized carbons (Fsp3) is 0.571. The fourth-order valence-corrected chi connectivity index (χ4v) is 1.95. The van der Waals surface area contributed by atoms with Crippen LogP contribution in [0.1, 0.15) is 33.1 Å². The molecule has 1 aliphatic rings. The van der Waals surface area contributed by atoms with Gasteiger partial charge in [-0.05, 0) is 40.3 Å². The zero-order valence-corrected chi connectivity index (χ0v) is 11.4. The zero-order valence-electron chi connectivity index (χ0n) is 11.4. The average molecular weight is 250 g/mol. The second-order valence-electron chi connectivity index (χ2n) is 5.28. The van der Waals surface area contributed by atoms with E-state index in [0.717, 1.165) is 0 Å². The topological polar surface area (TPSA) is 46.4 Å². The highest BCUT2D eigenvalue weighted by Gasteiger charge is 2.25. The van der Waals surface area contributed by atoms with Crippen molar-refractivity contribution in [2.24, 2.45) is 0 Å². The summed E-state index contributed by atoms with van der Waals surface area (Å²) < 4.78 is 0. The number of likely N-dealkylation sites (tertiary alicyclic amines) is 1. The van der Waals surface area contributed by atoms with E-state index < -0.39 is 4.92 Å². The number of nitrogens with zero attached hydrogens (tertiary/aromatic N) is 2. The van der Waals surface area contributed by atoms with Gasteiger partial charge in [0.15, 0.2) is 0 Å². The minimum Gasteiger partial charge on any atom is -0.301 e. The molecule has 0 amide bonds. The first-order chi connectivity index (χ1) is 8.43. The Hall–Kier alpha value is -1.42. The Bertz CT molecular complexity index is 377. The van der Waals surface area contributed by atoms with E-state index in [0.29, 0.717) is 5.54 Å². The number of nitro benzene ring substituents is 1. The standard InChI is InChI=1S/C8H17N.C6H5NO2/c1-8(2)6-4-5-7-9(8)3;8-7(9)6-4-2-1-3-5-6/h4-7H2,1-3H3;1-5H. The third-order valence-electron chi connectivity index (χ3n) is 3.53. The zero-order chi connectivity index (χ0) is 13.6. The Balaban J connectivity index is 0.000000180. The Morgan fingerprint density at radius 3 is 2.17 bits per heavy atom. The lowest BCUT2D eigenvalue weighted by molar-refractivity contribution is -0.384. The van der Waals surface area contributed by atoms with Crippen molar-refractivity contribution in [2.75, 3.05) is 13.6 Å². The Kier molecular flexibility index (Phi) is 5.28. The molecule has 0 atom stereocenters. The number of rotatable bonds is 1. The molecule has 1 heterocycles. The third-order valence-corrected chi connectivity index (χ3v) is 3.53. The van der Waals surface area contributed by atoms with Crippen molar-refractivity contribution in [2.45, 2.75) is 38.6 Å². The van der Waals surface area contributed by atoms with E-state index in [9.17, 15) is 10.1 Å². The molecule has 1 fully saturated rings. The van der Waals surface area contributed by atoms with Gasteiger partial charge in [-0.25, -0.2) is 0 Å². The Labute approximate surface area is 109 Å². The number of piperidine rings is 1. The maximum atomic E-state index is 10.0. The van der Waals surface area contributed by atoms with Gasteiger partial charge in [0.2, 0.25) is 0 Å². The van der Waals surface area contributed by atoms with Gasteiger partial charge < -0.3 is 4.90 Å². The van der Waals surface area contributed by atoms with Crippen molar-refractivity contribution < 1.29 is 4.92 Å². The van der Waals surface area contributed by atoms with Crippen LogP contribution in [0.15, 0.2) is 30.3 Å². The summed E-state index contributed by atoms with van der Waals surface area (Å²) in [6, 6.07) is 7.93. The minimum absolute atomic E-state index is 0.137. The lowest BCUT2D eigenvalue weighted by Crippen LogP contribution is -2.44. The van der Waals surface area contributed by atoms with Gasteiger partial charge in [-0.2, -0.15) is 0 Å². The number of hydrogen-bond acceptors (Lipinski definition) is 3. The largest absolute Gasteiger partial charge is 0.301 e. The van der Waals surface area contributed by atoms with Gasteiger partial charge in [-0.3, -0.25) is 10.1 Å². The second-order valence-corrected chi connectivity index (χ2v) is 5.28. The highest BCUT2D eigenvalue weighted by molar-refractivity contribution is 5.27. The molecule has 0 bridgehead atoms. The van der Waals surface area contributed by atoms with Crippen molar-refractivity contribution in [1.82, 2.24) is 4.90 Å². The summed E-state index contributed by atoms with van der Waals surface area (Å²) in [4.78, 5) is 12.0. The van der Waals surface area contributed by atoms with Gasteiger partial charge >= 0.3 is 0 Å². The second kappa shape index (κ2) is 6.50. The molecule has 100 valence electrons. The van der Waals surface area contributed by atoms with Crippen molar-refractivity contribution in [1.29, 1.82) is 0 Å². The van der Waals surface area contributed by atoms with E-state index >= 15 is 0 Å². The molecule has 0 aliphatic carbocycles. The van der Waals surface area contributed by atoms with E-state index in [1.165, 1.54) is 37.9 Å². The van der Waals surface area contributed by atoms with Crippen LogP contribution in [0.2, 0.25) is 0 Å². The summed E-state index contributed by atoms with van der Waals surface area (Å²) in [5, 5.41) is 10.0. The van der Waals surface area contributed by atoms with E-state index in [2.05, 4.69) is 25.8 Å². The molecule has 0 N–H and O–H groups in total. The molecule has 4 heteroatoms. The number of para-hydroxylation sites is 1. The van der Waals surface area contributed by atoms with Crippen LogP contribution in [0.4, 0.5) is 5.69 Å². The van der Waals surface area contributed by atoms with Crippen LogP contribution in [-0.2, 0) is 0 Å². The Morgan fingerprint density at radius 1 is 1.22 bits per heavy atom. The molecule has 18 heavy (non-hydrogen) atoms. The van der Waals surface area contributed by atoms with Crippen LogP contribution >= 0.6 is 0 Å². The molecule has 0 aromatic heterocycles. The van der Waals surface area contributed by atoms with E-state index in [1.54, 1.807) is 18.2 Å². The van der Waals surface area contributed by atoms with Crippen LogP contribution in [-0.4, -0.2) is 29.0 Å². The first-order valence-electron chi connectivity index (χ1n) is 6.34. The molecule has 1 saturated heterocycles. The van der Waals surface area contributed by atoms with Gasteiger partial charge in [0, 0.05) is 17.7 Å². The van der Waals surface area contributed by atoms with Crippen LogP contribution in [0, 0.1) is 10.1 Å². The van der Waals surface area contributed by atoms with Crippen molar-refractivity contribution in [3.63, 3.8) is 0 Å². The predicted molar refractivity (Wildman–Crippen MR) is 73.7 cm³/mol. The van der Waals surface area contributed by atoms with E-state index in [4.69, 9.17) is 0 Å². The number of non-ortho nitro benzene ring substituents is 1. The maximum Gasteiger partial charge on any atom is 0.269 e. The molecular formula is C14H22N2O2. The summed E-state index contributed by atoms with van der Waals surface area (Å²) in [5.74, 6) is 0. The number of benzene rings is 1. The first kappa shape index (κ1) is 14.6. The summed E-state index contributed by atoms with van der Waals surface area (Å²) in [6.07, 6.45) is 4.17. The number of nitro groups is 1. The molecule has 0 saturated carbocycles.